The largest absolute Gasteiger partial charge is 0.380 e. The minimum Gasteiger partial charge on any atom is -0.380 e. The highest BCUT2D eigenvalue weighted by molar-refractivity contribution is 6.31. The van der Waals surface area contributed by atoms with Gasteiger partial charge in [0.1, 0.15) is 5.82 Å². The molecule has 2 N–H and O–H groups in total. The molecule has 0 bridgehead atoms. The highest BCUT2D eigenvalue weighted by atomic mass is 35.5. The molecule has 0 amide bonds. The van der Waals surface area contributed by atoms with Crippen LogP contribution in [0.4, 0.5) is 4.39 Å². The highest BCUT2D eigenvalue weighted by Gasteiger charge is 2.33. The van der Waals surface area contributed by atoms with Gasteiger partial charge in [-0.05, 0) is 17.7 Å². The molecule has 1 aromatic carbocycles. The van der Waals surface area contributed by atoms with Crippen molar-refractivity contribution in [1.82, 2.24) is 10.6 Å². The number of halogens is 2. The van der Waals surface area contributed by atoms with Crippen LogP contribution in [0, 0.1) is 11.2 Å². The van der Waals surface area contributed by atoms with Crippen LogP contribution in [0.25, 0.3) is 0 Å². The van der Waals surface area contributed by atoms with E-state index in [9.17, 15) is 4.39 Å². The normalized spacial score (nSPS) is 17.6. The molecule has 1 fully saturated rings. The van der Waals surface area contributed by atoms with Crippen LogP contribution in [0.2, 0.25) is 5.02 Å². The number of benzene rings is 1. The van der Waals surface area contributed by atoms with E-state index >= 15 is 0 Å². The van der Waals surface area contributed by atoms with Gasteiger partial charge in [0.25, 0.3) is 0 Å². The van der Waals surface area contributed by atoms with E-state index in [1.54, 1.807) is 13.1 Å². The van der Waals surface area contributed by atoms with E-state index in [1.165, 1.54) is 12.1 Å². The molecular formula is C17H25ClFN3O. The van der Waals surface area contributed by atoms with E-state index in [-0.39, 0.29) is 16.6 Å². The second-order valence-electron chi connectivity index (χ2n) is 7.09. The van der Waals surface area contributed by atoms with Gasteiger partial charge in [-0.1, -0.05) is 38.4 Å². The van der Waals surface area contributed by atoms with E-state index in [1.807, 2.05) is 0 Å². The van der Waals surface area contributed by atoms with Crippen molar-refractivity contribution in [2.24, 2.45) is 10.4 Å². The number of rotatable bonds is 5. The van der Waals surface area contributed by atoms with Gasteiger partial charge in [-0.3, -0.25) is 4.99 Å². The lowest BCUT2D eigenvalue weighted by Crippen LogP contribution is -2.52. The van der Waals surface area contributed by atoms with Crippen molar-refractivity contribution >= 4 is 17.6 Å². The Balaban J connectivity index is 1.93. The molecule has 1 aliphatic rings. The Hall–Kier alpha value is -1.33. The third kappa shape index (κ3) is 4.58. The van der Waals surface area contributed by atoms with Crippen LogP contribution < -0.4 is 10.6 Å². The van der Waals surface area contributed by atoms with E-state index in [2.05, 4.69) is 36.4 Å². The molecule has 1 aromatic rings. The van der Waals surface area contributed by atoms with Crippen molar-refractivity contribution in [3.63, 3.8) is 0 Å². The fraction of sp³-hybridized carbons (Fsp3) is 0.588. The fourth-order valence-electron chi connectivity index (χ4n) is 2.51. The van der Waals surface area contributed by atoms with Crippen molar-refractivity contribution < 1.29 is 9.13 Å². The maximum atomic E-state index is 13.2. The number of nitrogens with zero attached hydrogens (tertiary/aromatic N) is 1. The lowest BCUT2D eigenvalue weighted by atomic mass is 9.84. The molecule has 0 saturated carbocycles. The molecule has 0 spiro atoms. The fourth-order valence-corrected chi connectivity index (χ4v) is 2.93. The summed E-state index contributed by atoms with van der Waals surface area (Å²) >= 11 is 6.18. The molecule has 1 heterocycles. The highest BCUT2D eigenvalue weighted by Crippen LogP contribution is 2.30. The first-order valence-corrected chi connectivity index (χ1v) is 8.11. The molecule has 0 unspecified atom stereocenters. The Kier molecular flexibility index (Phi) is 5.53. The van der Waals surface area contributed by atoms with Crippen LogP contribution in [0.15, 0.2) is 23.2 Å². The first-order valence-electron chi connectivity index (χ1n) is 7.74. The molecule has 1 saturated heterocycles. The predicted octanol–water partition coefficient (Wildman–Crippen LogP) is 2.96. The third-order valence-electron chi connectivity index (χ3n) is 4.17. The van der Waals surface area contributed by atoms with Crippen LogP contribution in [0.3, 0.4) is 0 Å². The van der Waals surface area contributed by atoms with Crippen molar-refractivity contribution in [3.05, 3.63) is 34.6 Å². The lowest BCUT2D eigenvalue weighted by Gasteiger charge is -2.38. The summed E-state index contributed by atoms with van der Waals surface area (Å²) in [5.74, 6) is 0.417. The smallest absolute Gasteiger partial charge is 0.191 e. The lowest BCUT2D eigenvalue weighted by molar-refractivity contribution is -0.0971. The number of nitrogens with one attached hydrogen (secondary N) is 2. The van der Waals surface area contributed by atoms with Gasteiger partial charge < -0.3 is 15.4 Å². The summed E-state index contributed by atoms with van der Waals surface area (Å²) < 4.78 is 18.5. The second-order valence-corrected chi connectivity index (χ2v) is 7.50. The van der Waals surface area contributed by atoms with Crippen LogP contribution >= 0.6 is 11.6 Å². The molecule has 2 rings (SSSR count). The maximum Gasteiger partial charge on any atom is 0.191 e. The number of ether oxygens (including phenoxy) is 1. The number of guanidine groups is 1. The van der Waals surface area contributed by atoms with Crippen LogP contribution in [-0.2, 0) is 10.2 Å². The quantitative estimate of drug-likeness (QED) is 0.639. The predicted molar refractivity (Wildman–Crippen MR) is 92.7 cm³/mol. The van der Waals surface area contributed by atoms with Gasteiger partial charge in [-0.15, -0.1) is 0 Å². The van der Waals surface area contributed by atoms with Gasteiger partial charge in [0.05, 0.1) is 13.2 Å². The first-order chi connectivity index (χ1) is 10.8. The Morgan fingerprint density at radius 1 is 1.39 bits per heavy atom. The standard InChI is InChI=1S/C17H25ClFN3O/c1-16(2,13-6-5-12(19)7-14(13)18)8-21-15(20-4)22-9-17(3)10-23-11-17/h5-7H,8-11H2,1-4H3,(H2,20,21,22). The monoisotopic (exact) mass is 341 g/mol. The average Bonchev–Trinajstić information content (AvgIpc) is 2.45. The average molecular weight is 342 g/mol. The van der Waals surface area contributed by atoms with Crippen LogP contribution in [0.5, 0.6) is 0 Å². The van der Waals surface area contributed by atoms with Crippen molar-refractivity contribution in [2.75, 3.05) is 33.4 Å². The van der Waals surface area contributed by atoms with Crippen LogP contribution in [-0.4, -0.2) is 39.3 Å². The van der Waals surface area contributed by atoms with E-state index in [4.69, 9.17) is 16.3 Å². The summed E-state index contributed by atoms with van der Waals surface area (Å²) in [5, 5.41) is 7.09. The van der Waals surface area contributed by atoms with E-state index in [0.29, 0.717) is 11.6 Å². The zero-order chi connectivity index (χ0) is 17.1. The second kappa shape index (κ2) is 7.05. The van der Waals surface area contributed by atoms with Gasteiger partial charge in [-0.2, -0.15) is 0 Å². The minimum atomic E-state index is -0.323. The summed E-state index contributed by atoms with van der Waals surface area (Å²) in [7, 11) is 1.74. The van der Waals surface area contributed by atoms with Gasteiger partial charge in [0.2, 0.25) is 0 Å². The molecule has 4 nitrogen and oxygen atoms in total. The topological polar surface area (TPSA) is 45.7 Å². The third-order valence-corrected chi connectivity index (χ3v) is 4.48. The molecule has 23 heavy (non-hydrogen) atoms. The maximum absolute atomic E-state index is 13.2. The molecule has 0 atom stereocenters. The van der Waals surface area contributed by atoms with Crippen molar-refractivity contribution in [3.8, 4) is 0 Å². The van der Waals surface area contributed by atoms with E-state index in [0.717, 1.165) is 31.3 Å². The molecule has 128 valence electrons. The van der Waals surface area contributed by atoms with Crippen LogP contribution in [0.1, 0.15) is 26.3 Å². The molecule has 0 aromatic heterocycles. The first kappa shape index (κ1) is 18.0. The molecule has 1 aliphatic heterocycles. The van der Waals surface area contributed by atoms with Gasteiger partial charge in [0.15, 0.2) is 5.96 Å². The zero-order valence-corrected chi connectivity index (χ0v) is 14.9. The molecule has 6 heteroatoms. The number of aliphatic imine (C=N–C) groups is 1. The van der Waals surface area contributed by atoms with Gasteiger partial charge in [0, 0.05) is 36.0 Å². The van der Waals surface area contributed by atoms with Crippen molar-refractivity contribution in [1.29, 1.82) is 0 Å². The Labute approximate surface area is 142 Å². The van der Waals surface area contributed by atoms with E-state index < -0.39 is 0 Å². The van der Waals surface area contributed by atoms with Crippen molar-refractivity contribution in [2.45, 2.75) is 26.2 Å². The SMILES string of the molecule is CN=C(NCC1(C)COC1)NCC(C)(C)c1ccc(F)cc1Cl. The van der Waals surface area contributed by atoms with Gasteiger partial charge >= 0.3 is 0 Å². The Morgan fingerprint density at radius 2 is 2.09 bits per heavy atom. The number of hydrogen-bond acceptors (Lipinski definition) is 2. The summed E-state index contributed by atoms with van der Waals surface area (Å²) in [5.41, 5.74) is 0.821. The summed E-state index contributed by atoms with van der Waals surface area (Å²) in [4.78, 5) is 4.24. The number of hydrogen-bond donors (Lipinski definition) is 2. The Morgan fingerprint density at radius 3 is 2.61 bits per heavy atom. The molecular weight excluding hydrogens is 317 g/mol. The Bertz CT molecular complexity index is 585. The minimum absolute atomic E-state index is 0.174. The zero-order valence-electron chi connectivity index (χ0n) is 14.2. The molecule has 0 aliphatic carbocycles. The van der Waals surface area contributed by atoms with Gasteiger partial charge in [-0.25, -0.2) is 4.39 Å². The summed E-state index contributed by atoms with van der Waals surface area (Å²) in [6.07, 6.45) is 0. The summed E-state index contributed by atoms with van der Waals surface area (Å²) in [6, 6.07) is 4.53. The summed E-state index contributed by atoms with van der Waals surface area (Å²) in [6.45, 7) is 9.29. The molecule has 0 radical (unpaired) electrons.